The van der Waals surface area contributed by atoms with Crippen LogP contribution in [0.1, 0.15) is 21.6 Å². The number of pyridine rings is 1. The summed E-state index contributed by atoms with van der Waals surface area (Å²) >= 11 is 0. The van der Waals surface area contributed by atoms with E-state index in [1.807, 2.05) is 60.7 Å². The van der Waals surface area contributed by atoms with Gasteiger partial charge in [0, 0.05) is 6.20 Å². The van der Waals surface area contributed by atoms with Crippen LogP contribution in [0, 0.1) is 0 Å². The molecule has 0 aliphatic carbocycles. The number of carbonyl (C=O) groups excluding carboxylic acids is 1. The number of rotatable bonds is 6. The molecule has 0 bridgehead atoms. The molecule has 120 valence electrons. The highest BCUT2D eigenvalue weighted by Gasteiger charge is 2.12. The molecule has 0 radical (unpaired) electrons. The number of ether oxygens (including phenoxy) is 1. The molecule has 0 aliphatic heterocycles. The second-order valence-electron chi connectivity index (χ2n) is 5.27. The van der Waals surface area contributed by atoms with Gasteiger partial charge in [-0.1, -0.05) is 48.5 Å². The molecule has 3 rings (SSSR count). The summed E-state index contributed by atoms with van der Waals surface area (Å²) < 4.78 is 5.82. The van der Waals surface area contributed by atoms with Gasteiger partial charge in [0.05, 0.1) is 17.8 Å². The van der Waals surface area contributed by atoms with Gasteiger partial charge in [-0.15, -0.1) is 0 Å². The highest BCUT2D eigenvalue weighted by molar-refractivity contribution is 5.96. The summed E-state index contributed by atoms with van der Waals surface area (Å²) in [5.74, 6) is 0.393. The maximum Gasteiger partial charge on any atom is 0.255 e. The highest BCUT2D eigenvalue weighted by atomic mass is 16.5. The SMILES string of the molecule is O=C(NCc1ccccn1)c1ccccc1OCc1ccccc1. The minimum Gasteiger partial charge on any atom is -0.488 e. The quantitative estimate of drug-likeness (QED) is 0.755. The van der Waals surface area contributed by atoms with Crippen molar-refractivity contribution < 1.29 is 9.53 Å². The number of nitrogens with one attached hydrogen (secondary N) is 1. The first-order valence-corrected chi connectivity index (χ1v) is 7.77. The topological polar surface area (TPSA) is 51.2 Å². The summed E-state index contributed by atoms with van der Waals surface area (Å²) in [6.07, 6.45) is 1.71. The Hall–Kier alpha value is -3.14. The minimum absolute atomic E-state index is 0.177. The maximum absolute atomic E-state index is 12.4. The third kappa shape index (κ3) is 4.20. The lowest BCUT2D eigenvalue weighted by Crippen LogP contribution is -2.23. The Morgan fingerprint density at radius 1 is 0.917 bits per heavy atom. The predicted octanol–water partition coefficient (Wildman–Crippen LogP) is 3.59. The lowest BCUT2D eigenvalue weighted by atomic mass is 10.2. The summed E-state index contributed by atoms with van der Waals surface area (Å²) in [5, 5.41) is 2.87. The van der Waals surface area contributed by atoms with Gasteiger partial charge in [-0.3, -0.25) is 9.78 Å². The van der Waals surface area contributed by atoms with E-state index in [4.69, 9.17) is 4.74 Å². The van der Waals surface area contributed by atoms with Crippen molar-refractivity contribution >= 4 is 5.91 Å². The fourth-order valence-corrected chi connectivity index (χ4v) is 2.28. The lowest BCUT2D eigenvalue weighted by molar-refractivity contribution is 0.0946. The van der Waals surface area contributed by atoms with Gasteiger partial charge in [-0.2, -0.15) is 0 Å². The van der Waals surface area contributed by atoms with Gasteiger partial charge in [-0.25, -0.2) is 0 Å². The molecule has 0 aliphatic rings. The van der Waals surface area contributed by atoms with Crippen molar-refractivity contribution in [2.45, 2.75) is 13.2 Å². The molecule has 24 heavy (non-hydrogen) atoms. The van der Waals surface area contributed by atoms with Gasteiger partial charge in [0.2, 0.25) is 0 Å². The fraction of sp³-hybridized carbons (Fsp3) is 0.100. The number of nitrogens with zero attached hydrogens (tertiary/aromatic N) is 1. The second kappa shape index (κ2) is 7.92. The average Bonchev–Trinajstić information content (AvgIpc) is 2.66. The Kier molecular flexibility index (Phi) is 5.20. The lowest BCUT2D eigenvalue weighted by Gasteiger charge is -2.11. The molecule has 1 N–H and O–H groups in total. The predicted molar refractivity (Wildman–Crippen MR) is 92.6 cm³/mol. The Morgan fingerprint density at radius 2 is 1.67 bits per heavy atom. The van der Waals surface area contributed by atoms with E-state index in [-0.39, 0.29) is 5.91 Å². The van der Waals surface area contributed by atoms with Crippen LogP contribution in [0.3, 0.4) is 0 Å². The van der Waals surface area contributed by atoms with E-state index in [1.54, 1.807) is 18.3 Å². The molecule has 3 aromatic rings. The number of benzene rings is 2. The highest BCUT2D eigenvalue weighted by Crippen LogP contribution is 2.19. The fourth-order valence-electron chi connectivity index (χ4n) is 2.28. The smallest absolute Gasteiger partial charge is 0.255 e. The van der Waals surface area contributed by atoms with E-state index in [2.05, 4.69) is 10.3 Å². The molecule has 1 aromatic heterocycles. The molecular weight excluding hydrogens is 300 g/mol. The number of aromatic nitrogens is 1. The van der Waals surface area contributed by atoms with Gasteiger partial charge < -0.3 is 10.1 Å². The molecule has 4 heteroatoms. The third-order valence-corrected chi connectivity index (χ3v) is 3.53. The van der Waals surface area contributed by atoms with Gasteiger partial charge in [-0.05, 0) is 29.8 Å². The van der Waals surface area contributed by atoms with Crippen molar-refractivity contribution in [3.05, 3.63) is 95.8 Å². The molecule has 0 saturated heterocycles. The number of hydrogen-bond acceptors (Lipinski definition) is 3. The monoisotopic (exact) mass is 318 g/mol. The zero-order chi connectivity index (χ0) is 16.6. The first kappa shape index (κ1) is 15.7. The van der Waals surface area contributed by atoms with Gasteiger partial charge in [0.1, 0.15) is 12.4 Å². The van der Waals surface area contributed by atoms with Gasteiger partial charge >= 0.3 is 0 Å². The zero-order valence-corrected chi connectivity index (χ0v) is 13.2. The Bertz CT molecular complexity index is 789. The Morgan fingerprint density at radius 3 is 2.46 bits per heavy atom. The largest absolute Gasteiger partial charge is 0.488 e. The summed E-state index contributed by atoms with van der Waals surface area (Å²) in [4.78, 5) is 16.6. The van der Waals surface area contributed by atoms with Crippen LogP contribution in [0.5, 0.6) is 5.75 Å². The van der Waals surface area contributed by atoms with Crippen LogP contribution in [-0.4, -0.2) is 10.9 Å². The van der Waals surface area contributed by atoms with Gasteiger partial charge in [0.15, 0.2) is 0 Å². The second-order valence-corrected chi connectivity index (χ2v) is 5.27. The molecule has 2 aromatic carbocycles. The Labute approximate surface area is 141 Å². The van der Waals surface area contributed by atoms with Crippen LogP contribution in [0.25, 0.3) is 0 Å². The van der Waals surface area contributed by atoms with Crippen LogP contribution in [0.4, 0.5) is 0 Å². The molecule has 4 nitrogen and oxygen atoms in total. The van der Waals surface area contributed by atoms with Crippen LogP contribution in [-0.2, 0) is 13.2 Å². The summed E-state index contributed by atoms with van der Waals surface area (Å²) in [6, 6.07) is 22.7. The number of hydrogen-bond donors (Lipinski definition) is 1. The van der Waals surface area contributed by atoms with E-state index in [0.29, 0.717) is 24.5 Å². The van der Waals surface area contributed by atoms with Crippen molar-refractivity contribution in [2.75, 3.05) is 0 Å². The number of para-hydroxylation sites is 1. The average molecular weight is 318 g/mol. The molecule has 0 fully saturated rings. The van der Waals surface area contributed by atoms with Crippen molar-refractivity contribution in [3.63, 3.8) is 0 Å². The third-order valence-electron chi connectivity index (χ3n) is 3.53. The van der Waals surface area contributed by atoms with Crippen LogP contribution < -0.4 is 10.1 Å². The number of amides is 1. The Balaban J connectivity index is 1.65. The van der Waals surface area contributed by atoms with Gasteiger partial charge in [0.25, 0.3) is 5.91 Å². The molecule has 0 atom stereocenters. The van der Waals surface area contributed by atoms with Crippen LogP contribution >= 0.6 is 0 Å². The summed E-state index contributed by atoms with van der Waals surface area (Å²) in [5.41, 5.74) is 2.39. The van der Waals surface area contributed by atoms with E-state index >= 15 is 0 Å². The standard InChI is InChI=1S/C20H18N2O2/c23-20(22-14-17-10-6-7-13-21-17)18-11-4-5-12-19(18)24-15-16-8-2-1-3-9-16/h1-13H,14-15H2,(H,22,23). The zero-order valence-electron chi connectivity index (χ0n) is 13.2. The summed E-state index contributed by atoms with van der Waals surface area (Å²) in [6.45, 7) is 0.804. The van der Waals surface area contributed by atoms with E-state index in [9.17, 15) is 4.79 Å². The molecular formula is C20H18N2O2. The van der Waals surface area contributed by atoms with E-state index in [0.717, 1.165) is 11.3 Å². The molecule has 1 heterocycles. The maximum atomic E-state index is 12.4. The van der Waals surface area contributed by atoms with Crippen molar-refractivity contribution in [1.29, 1.82) is 0 Å². The molecule has 1 amide bonds. The molecule has 0 unspecified atom stereocenters. The summed E-state index contributed by atoms with van der Waals surface area (Å²) in [7, 11) is 0. The first-order valence-electron chi connectivity index (χ1n) is 7.77. The van der Waals surface area contributed by atoms with Crippen LogP contribution in [0.2, 0.25) is 0 Å². The number of carbonyl (C=O) groups is 1. The van der Waals surface area contributed by atoms with E-state index in [1.165, 1.54) is 0 Å². The normalized spacial score (nSPS) is 10.2. The van der Waals surface area contributed by atoms with Crippen molar-refractivity contribution in [1.82, 2.24) is 10.3 Å². The van der Waals surface area contributed by atoms with Crippen molar-refractivity contribution in [2.24, 2.45) is 0 Å². The van der Waals surface area contributed by atoms with Crippen molar-refractivity contribution in [3.8, 4) is 5.75 Å². The molecule has 0 saturated carbocycles. The first-order chi connectivity index (χ1) is 11.8. The minimum atomic E-state index is -0.177. The molecule has 0 spiro atoms. The van der Waals surface area contributed by atoms with E-state index < -0.39 is 0 Å². The van der Waals surface area contributed by atoms with Crippen LogP contribution in [0.15, 0.2) is 79.0 Å².